The van der Waals surface area contributed by atoms with E-state index >= 15 is 0 Å². The van der Waals surface area contributed by atoms with Crippen molar-refractivity contribution in [2.24, 2.45) is 0 Å². The summed E-state index contributed by atoms with van der Waals surface area (Å²) in [6, 6.07) is 0. The highest BCUT2D eigenvalue weighted by molar-refractivity contribution is 4.53. The Morgan fingerprint density at radius 3 is 1.92 bits per heavy atom. The molecular formula is C10H25N3. The van der Waals surface area contributed by atoms with E-state index in [9.17, 15) is 0 Å². The molecule has 13 heavy (non-hydrogen) atoms. The summed E-state index contributed by atoms with van der Waals surface area (Å²) >= 11 is 0. The zero-order chi connectivity index (χ0) is 9.78. The van der Waals surface area contributed by atoms with Gasteiger partial charge in [-0.3, -0.25) is 0 Å². The van der Waals surface area contributed by atoms with Gasteiger partial charge in [-0.2, -0.15) is 0 Å². The largest absolute Gasteiger partial charge is 0.320 e. The molecule has 0 amide bonds. The topological polar surface area (TPSA) is 36.1 Å². The van der Waals surface area contributed by atoms with E-state index < -0.39 is 0 Å². The molecule has 80 valence electrons. The van der Waals surface area contributed by atoms with Crippen LogP contribution in [0.25, 0.3) is 0 Å². The maximum absolute atomic E-state index is 3.40. The van der Waals surface area contributed by atoms with E-state index in [4.69, 9.17) is 0 Å². The molecule has 0 heterocycles. The Morgan fingerprint density at radius 1 is 0.769 bits per heavy atom. The maximum Gasteiger partial charge on any atom is 0.00767 e. The van der Waals surface area contributed by atoms with Crippen LogP contribution in [0.2, 0.25) is 0 Å². The fraction of sp³-hybridized carbons (Fsp3) is 1.00. The molecule has 0 saturated carbocycles. The molecular weight excluding hydrogens is 162 g/mol. The van der Waals surface area contributed by atoms with Crippen LogP contribution in [0.3, 0.4) is 0 Å². The number of unbranched alkanes of at least 4 members (excludes halogenated alkanes) is 1. The van der Waals surface area contributed by atoms with E-state index in [0.717, 1.165) is 32.7 Å². The first-order chi connectivity index (χ1) is 6.41. The van der Waals surface area contributed by atoms with Crippen LogP contribution in [0.5, 0.6) is 0 Å². The summed E-state index contributed by atoms with van der Waals surface area (Å²) in [5, 5.41) is 9.92. The SMILES string of the molecule is CCCCNCCNCCCNC. The average Bonchev–Trinajstić information content (AvgIpc) is 2.16. The van der Waals surface area contributed by atoms with Gasteiger partial charge < -0.3 is 16.0 Å². The van der Waals surface area contributed by atoms with Crippen molar-refractivity contribution >= 4 is 0 Å². The number of nitrogens with one attached hydrogen (secondary N) is 3. The van der Waals surface area contributed by atoms with Crippen molar-refractivity contribution in [2.45, 2.75) is 26.2 Å². The molecule has 3 nitrogen and oxygen atoms in total. The molecule has 0 fully saturated rings. The molecule has 0 atom stereocenters. The van der Waals surface area contributed by atoms with Gasteiger partial charge in [-0.15, -0.1) is 0 Å². The summed E-state index contributed by atoms with van der Waals surface area (Å²) in [6.07, 6.45) is 3.79. The Bertz CT molecular complexity index is 76.2. The highest BCUT2D eigenvalue weighted by Crippen LogP contribution is 1.80. The lowest BCUT2D eigenvalue weighted by Crippen LogP contribution is -2.29. The van der Waals surface area contributed by atoms with E-state index in [2.05, 4.69) is 22.9 Å². The number of hydrogen-bond acceptors (Lipinski definition) is 3. The molecule has 0 aromatic rings. The third-order valence-corrected chi connectivity index (χ3v) is 1.97. The van der Waals surface area contributed by atoms with E-state index in [1.807, 2.05) is 7.05 Å². The average molecular weight is 187 g/mol. The van der Waals surface area contributed by atoms with Crippen molar-refractivity contribution in [1.82, 2.24) is 16.0 Å². The zero-order valence-corrected chi connectivity index (χ0v) is 9.16. The van der Waals surface area contributed by atoms with E-state index in [0.29, 0.717) is 0 Å². The molecule has 0 aliphatic carbocycles. The van der Waals surface area contributed by atoms with Gasteiger partial charge in [0.15, 0.2) is 0 Å². The second-order valence-corrected chi connectivity index (χ2v) is 3.31. The summed E-state index contributed by atoms with van der Waals surface area (Å²) in [7, 11) is 1.99. The van der Waals surface area contributed by atoms with Gasteiger partial charge >= 0.3 is 0 Å². The van der Waals surface area contributed by atoms with Gasteiger partial charge in [0.25, 0.3) is 0 Å². The maximum atomic E-state index is 3.40. The minimum Gasteiger partial charge on any atom is -0.320 e. The number of rotatable bonds is 10. The summed E-state index contributed by atoms with van der Waals surface area (Å²) in [5.41, 5.74) is 0. The third-order valence-electron chi connectivity index (χ3n) is 1.97. The van der Waals surface area contributed by atoms with E-state index in [1.54, 1.807) is 0 Å². The van der Waals surface area contributed by atoms with Gasteiger partial charge in [-0.05, 0) is 39.5 Å². The van der Waals surface area contributed by atoms with Crippen LogP contribution in [-0.4, -0.2) is 39.8 Å². The Labute approximate surface area is 82.7 Å². The highest BCUT2D eigenvalue weighted by atomic mass is 14.9. The third kappa shape index (κ3) is 11.9. The van der Waals surface area contributed by atoms with Gasteiger partial charge in [0, 0.05) is 13.1 Å². The first kappa shape index (κ1) is 12.9. The van der Waals surface area contributed by atoms with Crippen LogP contribution < -0.4 is 16.0 Å². The molecule has 0 aromatic heterocycles. The molecule has 0 aromatic carbocycles. The second kappa shape index (κ2) is 11.9. The molecule has 0 bridgehead atoms. The summed E-state index contributed by atoms with van der Waals surface area (Å²) in [4.78, 5) is 0. The van der Waals surface area contributed by atoms with Crippen LogP contribution >= 0.6 is 0 Å². The molecule has 3 heteroatoms. The Hall–Kier alpha value is -0.120. The first-order valence-corrected chi connectivity index (χ1v) is 5.47. The molecule has 0 radical (unpaired) electrons. The summed E-state index contributed by atoms with van der Waals surface area (Å²) < 4.78 is 0. The zero-order valence-electron chi connectivity index (χ0n) is 9.16. The van der Waals surface area contributed by atoms with Crippen molar-refractivity contribution in [2.75, 3.05) is 39.8 Å². The predicted octanol–water partition coefficient (Wildman–Crippen LogP) is 0.575. The number of hydrogen-bond donors (Lipinski definition) is 3. The fourth-order valence-corrected chi connectivity index (χ4v) is 1.12. The highest BCUT2D eigenvalue weighted by Gasteiger charge is 1.87. The lowest BCUT2D eigenvalue weighted by molar-refractivity contribution is 0.576. The lowest BCUT2D eigenvalue weighted by atomic mass is 10.3. The van der Waals surface area contributed by atoms with Crippen molar-refractivity contribution in [3.05, 3.63) is 0 Å². The first-order valence-electron chi connectivity index (χ1n) is 5.47. The normalized spacial score (nSPS) is 10.6. The quantitative estimate of drug-likeness (QED) is 0.438. The van der Waals surface area contributed by atoms with E-state index in [-0.39, 0.29) is 0 Å². The summed E-state index contributed by atoms with van der Waals surface area (Å²) in [6.45, 7) is 7.80. The van der Waals surface area contributed by atoms with E-state index in [1.165, 1.54) is 19.3 Å². The molecule has 0 rings (SSSR count). The van der Waals surface area contributed by atoms with Gasteiger partial charge in [0.1, 0.15) is 0 Å². The molecule has 3 N–H and O–H groups in total. The van der Waals surface area contributed by atoms with Crippen LogP contribution in [-0.2, 0) is 0 Å². The van der Waals surface area contributed by atoms with Crippen molar-refractivity contribution in [3.63, 3.8) is 0 Å². The van der Waals surface area contributed by atoms with Gasteiger partial charge in [-0.1, -0.05) is 13.3 Å². The van der Waals surface area contributed by atoms with Crippen LogP contribution in [0.1, 0.15) is 26.2 Å². The van der Waals surface area contributed by atoms with Crippen molar-refractivity contribution in [1.29, 1.82) is 0 Å². The molecule has 0 aliphatic heterocycles. The molecule has 0 spiro atoms. The van der Waals surface area contributed by atoms with Crippen molar-refractivity contribution < 1.29 is 0 Å². The van der Waals surface area contributed by atoms with Gasteiger partial charge in [0.2, 0.25) is 0 Å². The van der Waals surface area contributed by atoms with Crippen LogP contribution in [0, 0.1) is 0 Å². The second-order valence-electron chi connectivity index (χ2n) is 3.31. The molecule has 0 saturated heterocycles. The van der Waals surface area contributed by atoms with Gasteiger partial charge in [0.05, 0.1) is 0 Å². The minimum absolute atomic E-state index is 1.09. The molecule has 0 unspecified atom stereocenters. The monoisotopic (exact) mass is 187 g/mol. The predicted molar refractivity (Wildman–Crippen MR) is 59.2 cm³/mol. The Kier molecular flexibility index (Phi) is 11.8. The summed E-state index contributed by atoms with van der Waals surface area (Å²) in [5.74, 6) is 0. The standard InChI is InChI=1S/C10H25N3/c1-3-4-7-12-9-10-13-8-5-6-11-2/h11-13H,3-10H2,1-2H3. The Balaban J connectivity index is 2.76. The fourth-order valence-electron chi connectivity index (χ4n) is 1.12. The van der Waals surface area contributed by atoms with Crippen LogP contribution in [0.4, 0.5) is 0 Å². The minimum atomic E-state index is 1.09. The van der Waals surface area contributed by atoms with Crippen LogP contribution in [0.15, 0.2) is 0 Å². The smallest absolute Gasteiger partial charge is 0.00767 e. The Morgan fingerprint density at radius 2 is 1.38 bits per heavy atom. The molecule has 0 aliphatic rings. The van der Waals surface area contributed by atoms with Gasteiger partial charge in [-0.25, -0.2) is 0 Å². The lowest BCUT2D eigenvalue weighted by Gasteiger charge is -2.05. The van der Waals surface area contributed by atoms with Crippen molar-refractivity contribution in [3.8, 4) is 0 Å².